The molecule has 1 aromatic rings. The molecular weight excluding hydrogens is 252 g/mol. The molecule has 0 fully saturated rings. The summed E-state index contributed by atoms with van der Waals surface area (Å²) in [4.78, 5) is 0.232. The topological polar surface area (TPSA) is 78.4 Å². The fourth-order valence-electron chi connectivity index (χ4n) is 1.57. The average Bonchev–Trinajstić information content (AvgIpc) is 2.29. The fourth-order valence-corrected chi connectivity index (χ4v) is 2.30. The summed E-state index contributed by atoms with van der Waals surface area (Å²) in [7, 11) is -2.01. The van der Waals surface area contributed by atoms with Gasteiger partial charge in [0.2, 0.25) is 10.0 Å². The van der Waals surface area contributed by atoms with Gasteiger partial charge in [-0.1, -0.05) is 0 Å². The van der Waals surface area contributed by atoms with E-state index in [9.17, 15) is 8.42 Å². The summed E-state index contributed by atoms with van der Waals surface area (Å²) in [6.07, 6.45) is 0.615. The van der Waals surface area contributed by atoms with Gasteiger partial charge in [-0.15, -0.1) is 0 Å². The Labute approximate surface area is 108 Å². The largest absolute Gasteiger partial charge is 0.396 e. The lowest BCUT2D eigenvalue weighted by molar-refractivity contribution is 0.261. The lowest BCUT2D eigenvalue weighted by Crippen LogP contribution is -2.31. The minimum atomic E-state index is -3.39. The maximum atomic E-state index is 11.5. The number of hydrogen-bond acceptors (Lipinski definition) is 4. The van der Waals surface area contributed by atoms with Crippen LogP contribution in [0.15, 0.2) is 29.2 Å². The van der Waals surface area contributed by atoms with E-state index in [-0.39, 0.29) is 17.0 Å². The molecular formula is C12H20N2O3S. The molecule has 1 aromatic carbocycles. The van der Waals surface area contributed by atoms with E-state index in [0.29, 0.717) is 6.42 Å². The summed E-state index contributed by atoms with van der Waals surface area (Å²) in [5.74, 6) is 0. The van der Waals surface area contributed by atoms with Crippen molar-refractivity contribution < 1.29 is 13.5 Å². The highest BCUT2D eigenvalue weighted by Gasteiger charge is 2.17. The van der Waals surface area contributed by atoms with Crippen molar-refractivity contribution in [3.63, 3.8) is 0 Å². The number of benzene rings is 1. The van der Waals surface area contributed by atoms with Crippen LogP contribution >= 0.6 is 0 Å². The van der Waals surface area contributed by atoms with Crippen molar-refractivity contribution in [1.29, 1.82) is 0 Å². The second-order valence-electron chi connectivity index (χ2n) is 4.71. The first-order valence-electron chi connectivity index (χ1n) is 5.73. The minimum absolute atomic E-state index is 0.103. The molecule has 102 valence electrons. The quantitative estimate of drug-likeness (QED) is 0.726. The summed E-state index contributed by atoms with van der Waals surface area (Å²) >= 11 is 0. The SMILES string of the molecule is CNS(=O)(=O)c1ccc(NC(C)(C)CCO)cc1. The zero-order valence-corrected chi connectivity index (χ0v) is 11.7. The Hall–Kier alpha value is -1.11. The first-order valence-corrected chi connectivity index (χ1v) is 7.22. The number of rotatable bonds is 6. The molecule has 0 aliphatic carbocycles. The van der Waals surface area contributed by atoms with E-state index in [1.165, 1.54) is 7.05 Å². The van der Waals surface area contributed by atoms with Crippen LogP contribution in [-0.2, 0) is 10.0 Å². The average molecular weight is 272 g/mol. The number of sulfonamides is 1. The summed E-state index contributed by atoms with van der Waals surface area (Å²) < 4.78 is 25.3. The number of hydrogen-bond donors (Lipinski definition) is 3. The van der Waals surface area contributed by atoms with Crippen LogP contribution in [0.25, 0.3) is 0 Å². The van der Waals surface area contributed by atoms with Gasteiger partial charge in [0, 0.05) is 17.8 Å². The van der Waals surface area contributed by atoms with Crippen LogP contribution in [0.5, 0.6) is 0 Å². The summed E-state index contributed by atoms with van der Waals surface area (Å²) in [6.45, 7) is 4.05. The molecule has 0 spiro atoms. The Balaban J connectivity index is 2.84. The molecule has 0 saturated carbocycles. The summed E-state index contributed by atoms with van der Waals surface area (Å²) in [6, 6.07) is 6.51. The van der Waals surface area contributed by atoms with Crippen molar-refractivity contribution in [2.24, 2.45) is 0 Å². The Morgan fingerprint density at radius 3 is 2.22 bits per heavy atom. The van der Waals surface area contributed by atoms with Gasteiger partial charge < -0.3 is 10.4 Å². The van der Waals surface area contributed by atoms with Crippen LogP contribution in [0.3, 0.4) is 0 Å². The lowest BCUT2D eigenvalue weighted by Gasteiger charge is -2.26. The van der Waals surface area contributed by atoms with Crippen LogP contribution in [0.2, 0.25) is 0 Å². The molecule has 3 N–H and O–H groups in total. The van der Waals surface area contributed by atoms with Crippen molar-refractivity contribution in [1.82, 2.24) is 4.72 Å². The minimum Gasteiger partial charge on any atom is -0.396 e. The molecule has 0 atom stereocenters. The number of anilines is 1. The predicted octanol–water partition coefficient (Wildman–Crippen LogP) is 1.17. The highest BCUT2D eigenvalue weighted by molar-refractivity contribution is 7.89. The smallest absolute Gasteiger partial charge is 0.240 e. The Morgan fingerprint density at radius 2 is 1.78 bits per heavy atom. The van der Waals surface area contributed by atoms with Gasteiger partial charge in [0.25, 0.3) is 0 Å². The number of nitrogens with one attached hydrogen (secondary N) is 2. The molecule has 0 radical (unpaired) electrons. The maximum absolute atomic E-state index is 11.5. The zero-order valence-electron chi connectivity index (χ0n) is 10.9. The van der Waals surface area contributed by atoms with E-state index in [4.69, 9.17) is 5.11 Å². The van der Waals surface area contributed by atoms with Crippen molar-refractivity contribution >= 4 is 15.7 Å². The first-order chi connectivity index (χ1) is 8.30. The van der Waals surface area contributed by atoms with Gasteiger partial charge in [-0.25, -0.2) is 13.1 Å². The van der Waals surface area contributed by atoms with Crippen LogP contribution in [-0.4, -0.2) is 32.7 Å². The highest BCUT2D eigenvalue weighted by Crippen LogP contribution is 2.19. The van der Waals surface area contributed by atoms with Crippen molar-refractivity contribution in [2.45, 2.75) is 30.7 Å². The van der Waals surface area contributed by atoms with Crippen LogP contribution in [0.1, 0.15) is 20.3 Å². The third kappa shape index (κ3) is 3.97. The molecule has 0 heterocycles. The van der Waals surface area contributed by atoms with Crippen LogP contribution in [0.4, 0.5) is 5.69 Å². The van der Waals surface area contributed by atoms with Gasteiger partial charge in [0.05, 0.1) is 4.90 Å². The van der Waals surface area contributed by atoms with Crippen molar-refractivity contribution in [3.8, 4) is 0 Å². The molecule has 0 aromatic heterocycles. The summed E-state index contributed by atoms with van der Waals surface area (Å²) in [5, 5.41) is 12.2. The standard InChI is InChI=1S/C12H20N2O3S/c1-12(2,8-9-15)14-10-4-6-11(7-5-10)18(16,17)13-3/h4-7,13-15H,8-9H2,1-3H3. The lowest BCUT2D eigenvalue weighted by atomic mass is 10.0. The molecule has 0 aliphatic heterocycles. The van der Waals surface area contributed by atoms with Gasteiger partial charge in [0.1, 0.15) is 0 Å². The maximum Gasteiger partial charge on any atom is 0.240 e. The molecule has 5 nitrogen and oxygen atoms in total. The third-order valence-electron chi connectivity index (χ3n) is 2.65. The monoisotopic (exact) mass is 272 g/mol. The number of aliphatic hydroxyl groups is 1. The van der Waals surface area contributed by atoms with Gasteiger partial charge >= 0.3 is 0 Å². The van der Waals surface area contributed by atoms with E-state index >= 15 is 0 Å². The Bertz CT molecular complexity index is 481. The van der Waals surface area contributed by atoms with Crippen molar-refractivity contribution in [2.75, 3.05) is 19.0 Å². The Kier molecular flexibility index (Phi) is 4.72. The third-order valence-corrected chi connectivity index (χ3v) is 4.08. The molecule has 1 rings (SSSR count). The normalized spacial score (nSPS) is 12.4. The molecule has 0 unspecified atom stereocenters. The van der Waals surface area contributed by atoms with E-state index in [0.717, 1.165) is 5.69 Å². The van der Waals surface area contributed by atoms with Crippen molar-refractivity contribution in [3.05, 3.63) is 24.3 Å². The molecule has 0 amide bonds. The fraction of sp³-hybridized carbons (Fsp3) is 0.500. The van der Waals surface area contributed by atoms with E-state index < -0.39 is 10.0 Å². The Morgan fingerprint density at radius 1 is 1.22 bits per heavy atom. The molecule has 0 aliphatic rings. The predicted molar refractivity (Wildman–Crippen MR) is 72.1 cm³/mol. The van der Waals surface area contributed by atoms with E-state index in [2.05, 4.69) is 10.0 Å². The molecule has 6 heteroatoms. The molecule has 18 heavy (non-hydrogen) atoms. The van der Waals surface area contributed by atoms with Crippen LogP contribution < -0.4 is 10.0 Å². The van der Waals surface area contributed by atoms with Gasteiger partial charge in [-0.2, -0.15) is 0 Å². The van der Waals surface area contributed by atoms with E-state index in [1.54, 1.807) is 24.3 Å². The van der Waals surface area contributed by atoms with E-state index in [1.807, 2.05) is 13.8 Å². The first kappa shape index (κ1) is 14.9. The second-order valence-corrected chi connectivity index (χ2v) is 6.60. The molecule has 0 bridgehead atoms. The van der Waals surface area contributed by atoms with Gasteiger partial charge in [-0.3, -0.25) is 0 Å². The van der Waals surface area contributed by atoms with Gasteiger partial charge in [0.15, 0.2) is 0 Å². The number of aliphatic hydroxyl groups excluding tert-OH is 1. The highest BCUT2D eigenvalue weighted by atomic mass is 32.2. The zero-order chi connectivity index (χ0) is 13.8. The second kappa shape index (κ2) is 5.69. The molecule has 0 saturated heterocycles. The summed E-state index contributed by atoms with van der Waals surface area (Å²) in [5.41, 5.74) is 0.585. The van der Waals surface area contributed by atoms with Crippen LogP contribution in [0, 0.1) is 0 Å². The van der Waals surface area contributed by atoms with Gasteiger partial charge in [-0.05, 0) is 51.6 Å².